The summed E-state index contributed by atoms with van der Waals surface area (Å²) < 4.78 is 6.71. The number of hydrogen-bond acceptors (Lipinski definition) is 10. The Bertz CT molecular complexity index is 1580. The van der Waals surface area contributed by atoms with Gasteiger partial charge in [0.1, 0.15) is 12.1 Å². The molecule has 0 unspecified atom stereocenters. The molecule has 45 heavy (non-hydrogen) atoms. The number of nitrogens with zero attached hydrogens (tertiary/aromatic N) is 6. The van der Waals surface area contributed by atoms with E-state index in [9.17, 15) is 19.5 Å². The third kappa shape index (κ3) is 6.25. The number of aliphatic hydroxyl groups is 1. The SMILES string of the molecule is COC(=O)C[C@H](NC(=O)[C@@H]1C[C@@H](O)CN1C(=O)[C@H]1n2nnc(C3CC3)c2CN(C)CC1(C)C)c1ccc(-c2scnc2C)cc1. The molecule has 6 rings (SSSR count). The summed E-state index contributed by atoms with van der Waals surface area (Å²) in [4.78, 5) is 49.9. The molecule has 0 bridgehead atoms. The van der Waals surface area contributed by atoms with Gasteiger partial charge in [-0.3, -0.25) is 19.3 Å². The first-order chi connectivity index (χ1) is 21.5. The van der Waals surface area contributed by atoms with Gasteiger partial charge in [-0.15, -0.1) is 16.4 Å². The van der Waals surface area contributed by atoms with Crippen molar-refractivity contribution in [3.05, 3.63) is 52.4 Å². The van der Waals surface area contributed by atoms with Crippen LogP contribution >= 0.6 is 11.3 Å². The second-order valence-electron chi connectivity index (χ2n) is 13.3. The van der Waals surface area contributed by atoms with Crippen LogP contribution in [0.15, 0.2) is 29.8 Å². The minimum Gasteiger partial charge on any atom is -0.469 e. The molecule has 4 atom stereocenters. The van der Waals surface area contributed by atoms with E-state index in [4.69, 9.17) is 4.74 Å². The molecule has 1 saturated heterocycles. The lowest BCUT2D eigenvalue weighted by Gasteiger charge is -2.37. The molecule has 2 fully saturated rings. The molecule has 3 aromatic rings. The average Bonchev–Trinajstić information content (AvgIpc) is 3.47. The Balaban J connectivity index is 1.26. The van der Waals surface area contributed by atoms with E-state index in [1.54, 1.807) is 21.5 Å². The molecule has 12 nitrogen and oxygen atoms in total. The van der Waals surface area contributed by atoms with Crippen molar-refractivity contribution in [2.75, 3.05) is 27.2 Å². The number of β-amino-alcohol motifs (C(OH)–C–C–N with tert-alkyl or cyclic N) is 1. The first-order valence-corrected chi connectivity index (χ1v) is 16.3. The molecule has 0 radical (unpaired) electrons. The van der Waals surface area contributed by atoms with Gasteiger partial charge < -0.3 is 20.1 Å². The quantitative estimate of drug-likeness (QED) is 0.357. The third-order valence-corrected chi connectivity index (χ3v) is 10.2. The number of rotatable bonds is 8. The van der Waals surface area contributed by atoms with Crippen LogP contribution in [0.25, 0.3) is 10.4 Å². The highest BCUT2D eigenvalue weighted by molar-refractivity contribution is 7.13. The molecule has 2 aromatic heterocycles. The van der Waals surface area contributed by atoms with Gasteiger partial charge in [-0.1, -0.05) is 43.3 Å². The predicted molar refractivity (Wildman–Crippen MR) is 167 cm³/mol. The van der Waals surface area contributed by atoms with Gasteiger partial charge in [0.15, 0.2) is 0 Å². The molecule has 240 valence electrons. The zero-order chi connectivity index (χ0) is 32.0. The summed E-state index contributed by atoms with van der Waals surface area (Å²) in [7, 11) is 3.34. The van der Waals surface area contributed by atoms with Gasteiger partial charge in [0.25, 0.3) is 0 Å². The van der Waals surface area contributed by atoms with Crippen molar-refractivity contribution in [3.63, 3.8) is 0 Å². The molecule has 2 aliphatic heterocycles. The number of aliphatic hydroxyl groups excluding tert-OH is 1. The zero-order valence-electron chi connectivity index (χ0n) is 26.4. The summed E-state index contributed by atoms with van der Waals surface area (Å²) in [5.41, 5.74) is 5.81. The topological polar surface area (TPSA) is 143 Å². The minimum atomic E-state index is -0.918. The van der Waals surface area contributed by atoms with E-state index in [-0.39, 0.29) is 25.3 Å². The van der Waals surface area contributed by atoms with Crippen LogP contribution in [0.5, 0.6) is 0 Å². The Hall–Kier alpha value is -3.68. The maximum absolute atomic E-state index is 14.5. The standard InChI is InChI=1S/C32H41N7O5S/c1-18-28(45-17-33-18)21-10-6-19(7-11-21)23(13-26(41)44-5)34-30(42)24-12-22(40)14-38(24)31(43)29-32(2,3)16-37(4)15-25-27(20-8-9-20)35-36-39(25)29/h6-7,10-11,17,20,22-24,29,40H,8-9,12-16H2,1-5H3,(H,34,42)/t22-,23+,24+,29-/m1/s1. The van der Waals surface area contributed by atoms with Crippen molar-refractivity contribution in [2.24, 2.45) is 5.41 Å². The van der Waals surface area contributed by atoms with Crippen molar-refractivity contribution in [2.45, 2.75) is 83.1 Å². The largest absolute Gasteiger partial charge is 0.469 e. The predicted octanol–water partition coefficient (Wildman–Crippen LogP) is 2.98. The Morgan fingerprint density at radius 1 is 1.20 bits per heavy atom. The van der Waals surface area contributed by atoms with Crippen molar-refractivity contribution in [1.29, 1.82) is 0 Å². The number of benzene rings is 1. The lowest BCUT2D eigenvalue weighted by Crippen LogP contribution is -2.52. The van der Waals surface area contributed by atoms with Crippen molar-refractivity contribution in [1.82, 2.24) is 35.1 Å². The molecule has 1 aliphatic carbocycles. The number of aryl methyl sites for hydroxylation is 1. The second kappa shape index (κ2) is 12.3. The highest BCUT2D eigenvalue weighted by Crippen LogP contribution is 2.44. The Kier molecular flexibility index (Phi) is 8.53. The molecule has 1 saturated carbocycles. The van der Waals surface area contributed by atoms with Gasteiger partial charge in [0.2, 0.25) is 11.8 Å². The van der Waals surface area contributed by atoms with E-state index in [0.717, 1.165) is 45.9 Å². The fourth-order valence-corrected chi connectivity index (χ4v) is 7.71. The number of ether oxygens (including phenoxy) is 1. The third-order valence-electron chi connectivity index (χ3n) is 9.20. The van der Waals surface area contributed by atoms with Gasteiger partial charge in [0, 0.05) is 37.4 Å². The monoisotopic (exact) mass is 635 g/mol. The lowest BCUT2D eigenvalue weighted by atomic mass is 9.83. The minimum absolute atomic E-state index is 0.0312. The molecule has 4 heterocycles. The van der Waals surface area contributed by atoms with E-state index in [1.807, 2.05) is 52.1 Å². The molecule has 0 spiro atoms. The van der Waals surface area contributed by atoms with Gasteiger partial charge >= 0.3 is 5.97 Å². The number of likely N-dealkylation sites (tertiary alicyclic amines) is 1. The Labute approximate surface area is 266 Å². The number of esters is 1. The first-order valence-electron chi connectivity index (χ1n) is 15.5. The smallest absolute Gasteiger partial charge is 0.307 e. The second-order valence-corrected chi connectivity index (χ2v) is 14.2. The Morgan fingerprint density at radius 3 is 2.58 bits per heavy atom. The molecule has 2 N–H and O–H groups in total. The van der Waals surface area contributed by atoms with E-state index >= 15 is 0 Å². The van der Waals surface area contributed by atoms with Crippen LogP contribution < -0.4 is 5.32 Å². The normalized spacial score (nSPS) is 23.7. The average molecular weight is 636 g/mol. The maximum Gasteiger partial charge on any atom is 0.307 e. The van der Waals surface area contributed by atoms with Crippen LogP contribution in [0.2, 0.25) is 0 Å². The van der Waals surface area contributed by atoms with Gasteiger partial charge in [-0.25, -0.2) is 9.67 Å². The molecule has 3 aliphatic rings. The van der Waals surface area contributed by atoms with E-state index in [2.05, 4.69) is 25.5 Å². The number of aromatic nitrogens is 4. The summed E-state index contributed by atoms with van der Waals surface area (Å²) in [6, 6.07) is 5.33. The van der Waals surface area contributed by atoms with Gasteiger partial charge in [0.05, 0.1) is 53.1 Å². The summed E-state index contributed by atoms with van der Waals surface area (Å²) >= 11 is 1.55. The van der Waals surface area contributed by atoms with Crippen molar-refractivity contribution < 1.29 is 24.2 Å². The van der Waals surface area contributed by atoms with Crippen LogP contribution in [-0.2, 0) is 25.7 Å². The van der Waals surface area contributed by atoms with Crippen molar-refractivity contribution in [3.8, 4) is 10.4 Å². The number of hydrogen-bond donors (Lipinski definition) is 2. The number of nitrogens with one attached hydrogen (secondary N) is 1. The number of amides is 2. The van der Waals surface area contributed by atoms with Crippen LogP contribution in [0.1, 0.15) is 80.2 Å². The maximum atomic E-state index is 14.5. The summed E-state index contributed by atoms with van der Waals surface area (Å²) in [6.07, 6.45) is 1.28. The number of fused-ring (bicyclic) bond motifs is 1. The first kappa shape index (κ1) is 31.3. The molecule has 13 heteroatoms. The molecular weight excluding hydrogens is 594 g/mol. The van der Waals surface area contributed by atoms with Crippen LogP contribution in [0.4, 0.5) is 0 Å². The van der Waals surface area contributed by atoms with Gasteiger partial charge in [-0.2, -0.15) is 0 Å². The number of thiazole rings is 1. The summed E-state index contributed by atoms with van der Waals surface area (Å²) in [5, 5.41) is 22.8. The summed E-state index contributed by atoms with van der Waals surface area (Å²) in [6.45, 7) is 7.32. The zero-order valence-corrected chi connectivity index (χ0v) is 27.2. The molecule has 2 amide bonds. The van der Waals surface area contributed by atoms with E-state index in [1.165, 1.54) is 12.0 Å². The van der Waals surface area contributed by atoms with E-state index in [0.29, 0.717) is 19.0 Å². The highest BCUT2D eigenvalue weighted by Gasteiger charge is 2.49. The fraction of sp³-hybridized carbons (Fsp3) is 0.562. The van der Waals surface area contributed by atoms with Crippen molar-refractivity contribution >= 4 is 29.1 Å². The number of carbonyl (C=O) groups is 3. The van der Waals surface area contributed by atoms with Crippen LogP contribution in [0, 0.1) is 12.3 Å². The highest BCUT2D eigenvalue weighted by atomic mass is 32.1. The fourth-order valence-electron chi connectivity index (χ4n) is 6.90. The van der Waals surface area contributed by atoms with Crippen LogP contribution in [-0.4, -0.2) is 92.1 Å². The van der Waals surface area contributed by atoms with E-state index < -0.39 is 41.5 Å². The van der Waals surface area contributed by atoms with Crippen LogP contribution in [0.3, 0.4) is 0 Å². The molecule has 1 aromatic carbocycles. The molecular formula is C32H41N7O5S. The van der Waals surface area contributed by atoms with Gasteiger partial charge in [-0.05, 0) is 37.9 Å². The number of methoxy groups -OCH3 is 1. The summed E-state index contributed by atoms with van der Waals surface area (Å²) in [5.74, 6) is -0.805. The Morgan fingerprint density at radius 2 is 1.93 bits per heavy atom. The number of carbonyl (C=O) groups excluding carboxylic acids is 3. The lowest BCUT2D eigenvalue weighted by molar-refractivity contribution is -0.145.